The molecule has 2 heterocycles. The summed E-state index contributed by atoms with van der Waals surface area (Å²) >= 11 is 0. The molecule has 4 aromatic rings. The van der Waals surface area contributed by atoms with Gasteiger partial charge in [0.25, 0.3) is 5.56 Å². The van der Waals surface area contributed by atoms with E-state index in [1.807, 2.05) is 30.5 Å². The molecule has 0 saturated carbocycles. The molecule has 4 rings (SSSR count). The van der Waals surface area contributed by atoms with E-state index in [1.54, 1.807) is 19.1 Å². The third-order valence-corrected chi connectivity index (χ3v) is 6.49. The largest absolute Gasteiger partial charge is 0.497 e. The first-order valence-electron chi connectivity index (χ1n) is 9.65. The molecular formula is C22H22N4O4S. The number of aryl methyl sites for hydroxylation is 1. The highest BCUT2D eigenvalue weighted by molar-refractivity contribution is 7.89. The van der Waals surface area contributed by atoms with Crippen LogP contribution >= 0.6 is 0 Å². The molecule has 160 valence electrons. The van der Waals surface area contributed by atoms with Gasteiger partial charge in [-0.05, 0) is 49.2 Å². The fourth-order valence-electron chi connectivity index (χ4n) is 3.52. The van der Waals surface area contributed by atoms with Gasteiger partial charge in [0.05, 0.1) is 23.7 Å². The standard InChI is InChI=1S/C22H22N4O4S/c1-14-24-20(12-22(27)25-14)21(11-15-13-23-19-6-4-3-5-18(15)19)26-31(28,29)17-9-7-16(30-2)8-10-17/h3-10,12-13,21,23,26H,11H2,1-2H3,(H,24,25,27)/t21-/m1/s1. The van der Waals surface area contributed by atoms with Crippen LogP contribution in [0, 0.1) is 6.92 Å². The van der Waals surface area contributed by atoms with Crippen molar-refractivity contribution in [3.05, 3.63) is 88.2 Å². The van der Waals surface area contributed by atoms with Gasteiger partial charge < -0.3 is 14.7 Å². The second kappa shape index (κ2) is 8.37. The number of H-pyrrole nitrogens is 2. The highest BCUT2D eigenvalue weighted by Gasteiger charge is 2.24. The summed E-state index contributed by atoms with van der Waals surface area (Å²) in [6.45, 7) is 1.66. The Kier molecular flexibility index (Phi) is 5.62. The topological polar surface area (TPSA) is 117 Å². The predicted octanol–water partition coefficient (Wildman–Crippen LogP) is 2.83. The molecule has 0 fully saturated rings. The Morgan fingerprint density at radius 2 is 1.87 bits per heavy atom. The van der Waals surface area contributed by atoms with Crippen molar-refractivity contribution in [3.63, 3.8) is 0 Å². The van der Waals surface area contributed by atoms with Crippen molar-refractivity contribution >= 4 is 20.9 Å². The van der Waals surface area contributed by atoms with E-state index in [0.717, 1.165) is 16.5 Å². The first-order valence-corrected chi connectivity index (χ1v) is 11.1. The number of hydrogen-bond acceptors (Lipinski definition) is 5. The van der Waals surface area contributed by atoms with Crippen molar-refractivity contribution in [2.75, 3.05) is 7.11 Å². The third-order valence-electron chi connectivity index (χ3n) is 5.00. The number of nitrogens with one attached hydrogen (secondary N) is 3. The fraction of sp³-hybridized carbons (Fsp3) is 0.182. The molecule has 1 atom stereocenters. The summed E-state index contributed by atoms with van der Waals surface area (Å²) in [5.74, 6) is 0.969. The average molecular weight is 439 g/mol. The molecule has 0 spiro atoms. The van der Waals surface area contributed by atoms with Crippen LogP contribution in [0.4, 0.5) is 0 Å². The first-order chi connectivity index (χ1) is 14.9. The molecule has 0 radical (unpaired) electrons. The zero-order chi connectivity index (χ0) is 22.0. The highest BCUT2D eigenvalue weighted by atomic mass is 32.2. The van der Waals surface area contributed by atoms with E-state index in [9.17, 15) is 13.2 Å². The van der Waals surface area contributed by atoms with Crippen LogP contribution in [0.15, 0.2) is 70.5 Å². The minimum absolute atomic E-state index is 0.0961. The summed E-state index contributed by atoms with van der Waals surface area (Å²) in [4.78, 5) is 22.3. The molecule has 8 nitrogen and oxygen atoms in total. The maximum absolute atomic E-state index is 13.1. The van der Waals surface area contributed by atoms with Gasteiger partial charge in [-0.15, -0.1) is 0 Å². The van der Waals surface area contributed by atoms with Crippen LogP contribution in [0.5, 0.6) is 5.75 Å². The summed E-state index contributed by atoms with van der Waals surface area (Å²) < 4.78 is 34.0. The minimum atomic E-state index is -3.88. The second-order valence-corrected chi connectivity index (χ2v) is 8.88. The number of fused-ring (bicyclic) bond motifs is 1. The molecule has 0 aliphatic heterocycles. The number of rotatable bonds is 7. The van der Waals surface area contributed by atoms with Crippen molar-refractivity contribution in [2.24, 2.45) is 0 Å². The van der Waals surface area contributed by atoms with Crippen molar-refractivity contribution in [1.82, 2.24) is 19.7 Å². The Morgan fingerprint density at radius 1 is 1.13 bits per heavy atom. The van der Waals surface area contributed by atoms with E-state index in [4.69, 9.17) is 4.74 Å². The van der Waals surface area contributed by atoms with Crippen LogP contribution in [0.25, 0.3) is 10.9 Å². The molecule has 9 heteroatoms. The van der Waals surface area contributed by atoms with E-state index in [2.05, 4.69) is 19.7 Å². The number of aromatic amines is 2. The zero-order valence-corrected chi connectivity index (χ0v) is 17.9. The van der Waals surface area contributed by atoms with Gasteiger partial charge in [0.1, 0.15) is 11.6 Å². The van der Waals surface area contributed by atoms with Crippen LogP contribution in [-0.4, -0.2) is 30.5 Å². The number of methoxy groups -OCH3 is 1. The van der Waals surface area contributed by atoms with Gasteiger partial charge in [-0.25, -0.2) is 18.1 Å². The summed E-state index contributed by atoms with van der Waals surface area (Å²) in [6, 6.07) is 14.5. The molecule has 0 amide bonds. The Morgan fingerprint density at radius 3 is 2.58 bits per heavy atom. The lowest BCUT2D eigenvalue weighted by Gasteiger charge is -2.19. The number of hydrogen-bond donors (Lipinski definition) is 3. The van der Waals surface area contributed by atoms with Gasteiger partial charge in [0.2, 0.25) is 10.0 Å². The van der Waals surface area contributed by atoms with E-state index >= 15 is 0 Å². The normalized spacial score (nSPS) is 12.7. The number of aromatic nitrogens is 3. The van der Waals surface area contributed by atoms with Gasteiger partial charge in [-0.2, -0.15) is 0 Å². The molecular weight excluding hydrogens is 416 g/mol. The van der Waals surface area contributed by atoms with Crippen molar-refractivity contribution in [2.45, 2.75) is 24.3 Å². The molecule has 0 bridgehead atoms. The maximum Gasteiger partial charge on any atom is 0.251 e. The highest BCUT2D eigenvalue weighted by Crippen LogP contribution is 2.25. The van der Waals surface area contributed by atoms with Crippen molar-refractivity contribution in [3.8, 4) is 5.75 Å². The molecule has 2 aromatic heterocycles. The Balaban J connectivity index is 1.73. The lowest BCUT2D eigenvalue weighted by atomic mass is 10.0. The van der Waals surface area contributed by atoms with Crippen LogP contribution in [-0.2, 0) is 16.4 Å². The fourth-order valence-corrected chi connectivity index (χ4v) is 4.73. The summed E-state index contributed by atoms with van der Waals surface area (Å²) in [5, 5.41) is 0.984. The number of benzene rings is 2. The molecule has 0 unspecified atom stereocenters. The zero-order valence-electron chi connectivity index (χ0n) is 17.0. The van der Waals surface area contributed by atoms with E-state index in [0.29, 0.717) is 23.7 Å². The summed E-state index contributed by atoms with van der Waals surface area (Å²) in [5.41, 5.74) is 1.88. The predicted molar refractivity (Wildman–Crippen MR) is 118 cm³/mol. The van der Waals surface area contributed by atoms with E-state index in [-0.39, 0.29) is 10.5 Å². The summed E-state index contributed by atoms with van der Waals surface area (Å²) in [7, 11) is -2.37. The van der Waals surface area contributed by atoms with Gasteiger partial charge in [-0.3, -0.25) is 4.79 Å². The number of ether oxygens (including phenoxy) is 1. The van der Waals surface area contributed by atoms with Gasteiger partial charge in [0.15, 0.2) is 0 Å². The Hall–Kier alpha value is -3.43. The lowest BCUT2D eigenvalue weighted by Crippen LogP contribution is -2.31. The van der Waals surface area contributed by atoms with Gasteiger partial charge in [0, 0.05) is 23.2 Å². The third kappa shape index (κ3) is 4.52. The molecule has 0 saturated heterocycles. The number of nitrogens with zero attached hydrogens (tertiary/aromatic N) is 1. The SMILES string of the molecule is COc1ccc(S(=O)(=O)N[C@H](Cc2c[nH]c3ccccc23)c2cc(=O)[nH]c(C)n2)cc1. The van der Waals surface area contributed by atoms with Crippen molar-refractivity contribution in [1.29, 1.82) is 0 Å². The molecule has 2 aromatic carbocycles. The van der Waals surface area contributed by atoms with Gasteiger partial charge >= 0.3 is 0 Å². The monoisotopic (exact) mass is 438 g/mol. The van der Waals surface area contributed by atoms with Crippen LogP contribution in [0.3, 0.4) is 0 Å². The number of sulfonamides is 1. The summed E-state index contributed by atoms with van der Waals surface area (Å²) in [6.07, 6.45) is 2.16. The number of para-hydroxylation sites is 1. The van der Waals surface area contributed by atoms with Crippen molar-refractivity contribution < 1.29 is 13.2 Å². The quantitative estimate of drug-likeness (QED) is 0.410. The minimum Gasteiger partial charge on any atom is -0.497 e. The van der Waals surface area contributed by atoms with Crippen LogP contribution in [0.2, 0.25) is 0 Å². The van der Waals surface area contributed by atoms with E-state index < -0.39 is 16.1 Å². The Bertz CT molecular complexity index is 1370. The average Bonchev–Trinajstić information content (AvgIpc) is 3.15. The molecule has 3 N–H and O–H groups in total. The Labute approximate surface area is 179 Å². The smallest absolute Gasteiger partial charge is 0.251 e. The molecule has 31 heavy (non-hydrogen) atoms. The second-order valence-electron chi connectivity index (χ2n) is 7.17. The van der Waals surface area contributed by atoms with Gasteiger partial charge in [-0.1, -0.05) is 18.2 Å². The molecule has 0 aliphatic rings. The van der Waals surface area contributed by atoms with Crippen LogP contribution in [0.1, 0.15) is 23.1 Å². The van der Waals surface area contributed by atoms with E-state index in [1.165, 1.54) is 25.3 Å². The van der Waals surface area contributed by atoms with Crippen LogP contribution < -0.4 is 15.0 Å². The lowest BCUT2D eigenvalue weighted by molar-refractivity contribution is 0.414. The molecule has 0 aliphatic carbocycles. The first kappa shape index (κ1) is 20.8. The maximum atomic E-state index is 13.1.